The van der Waals surface area contributed by atoms with Gasteiger partial charge in [0.15, 0.2) is 0 Å². The van der Waals surface area contributed by atoms with E-state index in [1.807, 2.05) is 0 Å². The molecule has 3 unspecified atom stereocenters. The van der Waals surface area contributed by atoms with Crippen LogP contribution in [0.3, 0.4) is 0 Å². The Labute approximate surface area is 101 Å². The third-order valence-corrected chi connectivity index (χ3v) is 4.51. The quantitative estimate of drug-likeness (QED) is 0.792. The Morgan fingerprint density at radius 1 is 1.25 bits per heavy atom. The minimum absolute atomic E-state index is 0.745. The summed E-state index contributed by atoms with van der Waals surface area (Å²) < 4.78 is 0. The van der Waals surface area contributed by atoms with Gasteiger partial charge in [-0.1, -0.05) is 26.2 Å². The van der Waals surface area contributed by atoms with Gasteiger partial charge in [-0.2, -0.15) is 0 Å². The Morgan fingerprint density at radius 3 is 2.88 bits per heavy atom. The number of rotatable bonds is 3. The van der Waals surface area contributed by atoms with Gasteiger partial charge in [0.25, 0.3) is 0 Å². The predicted octanol–water partition coefficient (Wildman–Crippen LogP) is 2.50. The minimum Gasteiger partial charge on any atom is -0.314 e. The topological polar surface area (TPSA) is 15.3 Å². The zero-order valence-corrected chi connectivity index (χ0v) is 11.0. The van der Waals surface area contributed by atoms with Crippen LogP contribution in [0.25, 0.3) is 0 Å². The van der Waals surface area contributed by atoms with Crippen LogP contribution in [0.4, 0.5) is 0 Å². The van der Waals surface area contributed by atoms with Crippen LogP contribution in [0.5, 0.6) is 0 Å². The summed E-state index contributed by atoms with van der Waals surface area (Å²) in [5.74, 6) is 2.00. The summed E-state index contributed by atoms with van der Waals surface area (Å²) in [6.07, 6.45) is 7.36. The first kappa shape index (κ1) is 12.4. The molecule has 16 heavy (non-hydrogen) atoms. The van der Waals surface area contributed by atoms with Crippen LogP contribution in [-0.2, 0) is 0 Å². The van der Waals surface area contributed by atoms with E-state index in [0.29, 0.717) is 0 Å². The Bertz CT molecular complexity index is 205. The maximum Gasteiger partial charge on any atom is 0.0192 e. The molecule has 1 saturated carbocycles. The normalized spacial score (nSPS) is 37.5. The molecule has 1 saturated heterocycles. The van der Waals surface area contributed by atoms with Gasteiger partial charge in [0, 0.05) is 25.7 Å². The van der Waals surface area contributed by atoms with E-state index in [-0.39, 0.29) is 0 Å². The smallest absolute Gasteiger partial charge is 0.0192 e. The molecular formula is C14H28N2. The van der Waals surface area contributed by atoms with Gasteiger partial charge in [0.2, 0.25) is 0 Å². The molecule has 0 aromatic carbocycles. The van der Waals surface area contributed by atoms with Crippen LogP contribution >= 0.6 is 0 Å². The number of hydrogen-bond donors (Lipinski definition) is 1. The highest BCUT2D eigenvalue weighted by Gasteiger charge is 2.22. The number of piperazine rings is 1. The van der Waals surface area contributed by atoms with E-state index in [1.165, 1.54) is 58.3 Å². The number of hydrogen-bond acceptors (Lipinski definition) is 2. The molecule has 1 aliphatic heterocycles. The number of nitrogens with one attached hydrogen (secondary N) is 1. The van der Waals surface area contributed by atoms with Crippen molar-refractivity contribution in [1.82, 2.24) is 10.2 Å². The summed E-state index contributed by atoms with van der Waals surface area (Å²) in [5.41, 5.74) is 0. The lowest BCUT2D eigenvalue weighted by atomic mass is 9.81. The van der Waals surface area contributed by atoms with Gasteiger partial charge in [-0.3, -0.25) is 4.90 Å². The first-order chi connectivity index (χ1) is 7.75. The van der Waals surface area contributed by atoms with E-state index < -0.39 is 0 Å². The van der Waals surface area contributed by atoms with Crippen molar-refractivity contribution in [2.24, 2.45) is 11.8 Å². The number of nitrogens with zero attached hydrogens (tertiary/aromatic N) is 1. The van der Waals surface area contributed by atoms with E-state index in [4.69, 9.17) is 0 Å². The highest BCUT2D eigenvalue weighted by Crippen LogP contribution is 2.30. The lowest BCUT2D eigenvalue weighted by Gasteiger charge is -2.36. The molecule has 2 aliphatic rings. The molecular weight excluding hydrogens is 196 g/mol. The minimum atomic E-state index is 0.745. The lowest BCUT2D eigenvalue weighted by Crippen LogP contribution is -2.50. The molecule has 0 spiro atoms. The van der Waals surface area contributed by atoms with Crippen molar-refractivity contribution in [2.75, 3.05) is 26.2 Å². The summed E-state index contributed by atoms with van der Waals surface area (Å²) in [6, 6.07) is 0.745. The molecule has 3 atom stereocenters. The van der Waals surface area contributed by atoms with Gasteiger partial charge in [-0.15, -0.1) is 0 Å². The maximum absolute atomic E-state index is 3.47. The second-order valence-electron chi connectivity index (χ2n) is 6.02. The summed E-state index contributed by atoms with van der Waals surface area (Å²) in [4.78, 5) is 2.68. The van der Waals surface area contributed by atoms with Gasteiger partial charge in [0.05, 0.1) is 0 Å². The standard InChI is InChI=1S/C14H28N2/c1-12-4-3-5-14(10-12)6-8-16-9-7-15-11-13(16)2/h12-15H,3-11H2,1-2H3. The van der Waals surface area contributed by atoms with Gasteiger partial charge < -0.3 is 5.32 Å². The Kier molecular flexibility index (Phi) is 4.66. The van der Waals surface area contributed by atoms with E-state index >= 15 is 0 Å². The second kappa shape index (κ2) is 6.02. The summed E-state index contributed by atoms with van der Waals surface area (Å²) in [7, 11) is 0. The SMILES string of the molecule is CC1CCCC(CCN2CCNCC2C)C1. The monoisotopic (exact) mass is 224 g/mol. The van der Waals surface area contributed by atoms with Crippen molar-refractivity contribution in [3.05, 3.63) is 0 Å². The molecule has 2 fully saturated rings. The average Bonchev–Trinajstić information content (AvgIpc) is 2.28. The van der Waals surface area contributed by atoms with Crippen LogP contribution in [0.2, 0.25) is 0 Å². The first-order valence-electron chi connectivity index (χ1n) is 7.20. The van der Waals surface area contributed by atoms with Crippen molar-refractivity contribution in [3.8, 4) is 0 Å². The highest BCUT2D eigenvalue weighted by molar-refractivity contribution is 4.78. The predicted molar refractivity (Wildman–Crippen MR) is 69.6 cm³/mol. The van der Waals surface area contributed by atoms with Gasteiger partial charge >= 0.3 is 0 Å². The van der Waals surface area contributed by atoms with E-state index in [1.54, 1.807) is 0 Å². The fourth-order valence-corrected chi connectivity index (χ4v) is 3.39. The summed E-state index contributed by atoms with van der Waals surface area (Å²) in [5, 5.41) is 3.47. The first-order valence-corrected chi connectivity index (χ1v) is 7.20. The fourth-order valence-electron chi connectivity index (χ4n) is 3.39. The van der Waals surface area contributed by atoms with Gasteiger partial charge in [0.1, 0.15) is 0 Å². The van der Waals surface area contributed by atoms with Crippen LogP contribution in [-0.4, -0.2) is 37.1 Å². The van der Waals surface area contributed by atoms with Crippen LogP contribution in [0, 0.1) is 11.8 Å². The molecule has 2 rings (SSSR count). The molecule has 1 aliphatic carbocycles. The molecule has 94 valence electrons. The van der Waals surface area contributed by atoms with Crippen molar-refractivity contribution in [2.45, 2.75) is 52.0 Å². The Hall–Kier alpha value is -0.0800. The molecule has 1 N–H and O–H groups in total. The lowest BCUT2D eigenvalue weighted by molar-refractivity contribution is 0.150. The molecule has 2 nitrogen and oxygen atoms in total. The average molecular weight is 224 g/mol. The Balaban J connectivity index is 1.69. The van der Waals surface area contributed by atoms with Crippen LogP contribution in [0.1, 0.15) is 46.0 Å². The molecule has 1 heterocycles. The van der Waals surface area contributed by atoms with E-state index in [9.17, 15) is 0 Å². The molecule has 0 bridgehead atoms. The molecule has 0 aromatic rings. The van der Waals surface area contributed by atoms with Gasteiger partial charge in [-0.25, -0.2) is 0 Å². The van der Waals surface area contributed by atoms with Crippen molar-refractivity contribution in [3.63, 3.8) is 0 Å². The molecule has 2 heteroatoms. The van der Waals surface area contributed by atoms with E-state index in [2.05, 4.69) is 24.1 Å². The fraction of sp³-hybridized carbons (Fsp3) is 1.00. The third kappa shape index (κ3) is 3.46. The molecule has 0 aromatic heterocycles. The van der Waals surface area contributed by atoms with Gasteiger partial charge in [-0.05, 0) is 38.1 Å². The summed E-state index contributed by atoms with van der Waals surface area (Å²) in [6.45, 7) is 9.74. The second-order valence-corrected chi connectivity index (χ2v) is 6.02. The molecule has 0 radical (unpaired) electrons. The summed E-state index contributed by atoms with van der Waals surface area (Å²) >= 11 is 0. The largest absolute Gasteiger partial charge is 0.314 e. The van der Waals surface area contributed by atoms with E-state index in [0.717, 1.165) is 17.9 Å². The highest BCUT2D eigenvalue weighted by atomic mass is 15.2. The van der Waals surface area contributed by atoms with Crippen LogP contribution < -0.4 is 5.32 Å². The Morgan fingerprint density at radius 2 is 2.12 bits per heavy atom. The maximum atomic E-state index is 3.47. The zero-order valence-electron chi connectivity index (χ0n) is 11.0. The third-order valence-electron chi connectivity index (χ3n) is 4.51. The molecule has 0 amide bonds. The van der Waals surface area contributed by atoms with Crippen molar-refractivity contribution < 1.29 is 0 Å². The zero-order chi connectivity index (χ0) is 11.4. The van der Waals surface area contributed by atoms with Crippen LogP contribution in [0.15, 0.2) is 0 Å². The van der Waals surface area contributed by atoms with Crippen molar-refractivity contribution in [1.29, 1.82) is 0 Å². The van der Waals surface area contributed by atoms with Crippen molar-refractivity contribution >= 4 is 0 Å².